The Hall–Kier alpha value is -2.90. The number of benzene rings is 1. The van der Waals surface area contributed by atoms with Crippen LogP contribution in [0.3, 0.4) is 0 Å². The Morgan fingerprint density at radius 1 is 1.07 bits per heavy atom. The van der Waals surface area contributed by atoms with Gasteiger partial charge in [-0.15, -0.1) is 11.3 Å². The lowest BCUT2D eigenvalue weighted by molar-refractivity contribution is -0.139. The number of carbonyl (C=O) groups is 2. The van der Waals surface area contributed by atoms with E-state index in [1.807, 2.05) is 37.3 Å². The fourth-order valence-electron chi connectivity index (χ4n) is 2.56. The molecule has 27 heavy (non-hydrogen) atoms. The highest BCUT2D eigenvalue weighted by Gasteiger charge is 2.18. The number of amides is 2. The Kier molecular flexibility index (Phi) is 6.05. The zero-order valence-electron chi connectivity index (χ0n) is 14.7. The molecule has 2 amide bonds. The molecule has 0 radical (unpaired) electrons. The maximum absolute atomic E-state index is 12.0. The van der Waals surface area contributed by atoms with Crippen LogP contribution in [-0.4, -0.2) is 16.9 Å². The Bertz CT molecular complexity index is 890. The van der Waals surface area contributed by atoms with E-state index in [4.69, 9.17) is 4.42 Å². The fraction of sp³-hybridized carbons (Fsp3) is 0.200. The van der Waals surface area contributed by atoms with Crippen LogP contribution in [0.1, 0.15) is 40.1 Å². The summed E-state index contributed by atoms with van der Waals surface area (Å²) in [6.07, 6.45) is 0.659. The van der Waals surface area contributed by atoms with Gasteiger partial charge in [-0.25, -0.2) is 0 Å². The molecule has 0 saturated carbocycles. The number of furan rings is 1. The van der Waals surface area contributed by atoms with Crippen molar-refractivity contribution in [2.24, 2.45) is 0 Å². The van der Waals surface area contributed by atoms with Gasteiger partial charge in [0.25, 0.3) is 0 Å². The van der Waals surface area contributed by atoms with Crippen molar-refractivity contribution >= 4 is 23.2 Å². The molecule has 7 heteroatoms. The SMILES string of the molecule is C[C@@H](NC(=O)C(=O)NCc1ccc([C@@H](O)c2ccco2)s1)c1ccccc1. The minimum atomic E-state index is -0.843. The molecule has 3 aromatic rings. The van der Waals surface area contributed by atoms with Crippen LogP contribution in [0.4, 0.5) is 0 Å². The number of thiophene rings is 1. The van der Waals surface area contributed by atoms with E-state index in [-0.39, 0.29) is 12.6 Å². The summed E-state index contributed by atoms with van der Waals surface area (Å²) < 4.78 is 5.20. The summed E-state index contributed by atoms with van der Waals surface area (Å²) in [5.41, 5.74) is 0.925. The van der Waals surface area contributed by atoms with Gasteiger partial charge in [-0.2, -0.15) is 0 Å². The summed E-state index contributed by atoms with van der Waals surface area (Å²) in [5, 5.41) is 15.5. The Balaban J connectivity index is 1.51. The zero-order valence-corrected chi connectivity index (χ0v) is 15.5. The van der Waals surface area contributed by atoms with Crippen molar-refractivity contribution < 1.29 is 19.1 Å². The molecule has 0 aliphatic carbocycles. The molecule has 0 fully saturated rings. The molecule has 6 nitrogen and oxygen atoms in total. The third kappa shape index (κ3) is 4.84. The van der Waals surface area contributed by atoms with E-state index in [9.17, 15) is 14.7 Å². The second kappa shape index (κ2) is 8.66. The highest BCUT2D eigenvalue weighted by atomic mass is 32.1. The van der Waals surface area contributed by atoms with Crippen LogP contribution in [0.5, 0.6) is 0 Å². The average Bonchev–Trinajstić information content (AvgIpc) is 3.38. The molecule has 2 atom stereocenters. The van der Waals surface area contributed by atoms with Crippen molar-refractivity contribution in [3.8, 4) is 0 Å². The van der Waals surface area contributed by atoms with E-state index < -0.39 is 17.9 Å². The van der Waals surface area contributed by atoms with Gasteiger partial charge < -0.3 is 20.2 Å². The molecule has 2 heterocycles. The molecule has 2 aromatic heterocycles. The molecule has 0 unspecified atom stereocenters. The molecule has 0 aliphatic rings. The summed E-state index contributed by atoms with van der Waals surface area (Å²) in [6, 6.07) is 16.2. The quantitative estimate of drug-likeness (QED) is 0.570. The van der Waals surface area contributed by atoms with Crippen LogP contribution < -0.4 is 10.6 Å². The molecular weight excluding hydrogens is 364 g/mol. The maximum atomic E-state index is 12.0. The third-order valence-corrected chi connectivity index (χ3v) is 5.18. The number of hydrogen-bond acceptors (Lipinski definition) is 5. The van der Waals surface area contributed by atoms with Gasteiger partial charge in [-0.3, -0.25) is 9.59 Å². The van der Waals surface area contributed by atoms with Crippen LogP contribution in [-0.2, 0) is 16.1 Å². The van der Waals surface area contributed by atoms with E-state index in [0.717, 1.165) is 10.4 Å². The molecule has 3 rings (SSSR count). The van der Waals surface area contributed by atoms with Crippen molar-refractivity contribution in [1.82, 2.24) is 10.6 Å². The van der Waals surface area contributed by atoms with E-state index in [0.29, 0.717) is 10.6 Å². The predicted octanol–water partition coefficient (Wildman–Crippen LogP) is 2.92. The smallest absolute Gasteiger partial charge is 0.309 e. The second-order valence-electron chi connectivity index (χ2n) is 6.01. The van der Waals surface area contributed by atoms with Gasteiger partial charge in [-0.05, 0) is 36.8 Å². The van der Waals surface area contributed by atoms with Gasteiger partial charge in [0.15, 0.2) is 0 Å². The van der Waals surface area contributed by atoms with Gasteiger partial charge in [0.05, 0.1) is 18.8 Å². The number of aliphatic hydroxyl groups excluding tert-OH is 1. The van der Waals surface area contributed by atoms with Crippen LogP contribution >= 0.6 is 11.3 Å². The Morgan fingerprint density at radius 2 is 1.85 bits per heavy atom. The lowest BCUT2D eigenvalue weighted by atomic mass is 10.1. The van der Waals surface area contributed by atoms with Gasteiger partial charge in [0, 0.05) is 9.75 Å². The number of aliphatic hydroxyl groups is 1. The van der Waals surface area contributed by atoms with Gasteiger partial charge in [0.2, 0.25) is 0 Å². The van der Waals surface area contributed by atoms with Crippen LogP contribution in [0.2, 0.25) is 0 Å². The largest absolute Gasteiger partial charge is 0.466 e. The van der Waals surface area contributed by atoms with E-state index in [1.165, 1.54) is 17.6 Å². The first kappa shape index (κ1) is 18.9. The van der Waals surface area contributed by atoms with E-state index in [1.54, 1.807) is 24.3 Å². The highest BCUT2D eigenvalue weighted by molar-refractivity contribution is 7.12. The van der Waals surface area contributed by atoms with Crippen molar-refractivity contribution in [3.05, 3.63) is 81.9 Å². The summed E-state index contributed by atoms with van der Waals surface area (Å²) in [5.74, 6) is -0.917. The lowest BCUT2D eigenvalue weighted by Gasteiger charge is -2.13. The van der Waals surface area contributed by atoms with Crippen molar-refractivity contribution in [1.29, 1.82) is 0 Å². The van der Waals surface area contributed by atoms with Crippen molar-refractivity contribution in [2.45, 2.75) is 25.6 Å². The first-order valence-electron chi connectivity index (χ1n) is 8.48. The number of rotatable bonds is 6. The summed E-state index contributed by atoms with van der Waals surface area (Å²) in [4.78, 5) is 25.6. The topological polar surface area (TPSA) is 91.6 Å². The predicted molar refractivity (Wildman–Crippen MR) is 102 cm³/mol. The van der Waals surface area contributed by atoms with Crippen LogP contribution in [0.25, 0.3) is 0 Å². The standard InChI is InChI=1S/C20H20N2O4S/c1-13(14-6-3-2-4-7-14)22-20(25)19(24)21-12-15-9-10-17(27-15)18(23)16-8-5-11-26-16/h2-11,13,18,23H,12H2,1H3,(H,21,24)(H,22,25)/t13-,18+/m1/s1. The van der Waals surface area contributed by atoms with E-state index in [2.05, 4.69) is 10.6 Å². The molecule has 0 aliphatic heterocycles. The normalized spacial score (nSPS) is 13.0. The van der Waals surface area contributed by atoms with Crippen molar-refractivity contribution in [2.75, 3.05) is 0 Å². The summed E-state index contributed by atoms with van der Waals surface area (Å²) in [6.45, 7) is 2.03. The molecule has 0 spiro atoms. The molecule has 3 N–H and O–H groups in total. The second-order valence-corrected chi connectivity index (χ2v) is 7.21. The van der Waals surface area contributed by atoms with Gasteiger partial charge in [0.1, 0.15) is 11.9 Å². The molecule has 140 valence electrons. The molecular formula is C20H20N2O4S. The molecule has 0 saturated heterocycles. The first-order chi connectivity index (χ1) is 13.0. The molecule has 1 aromatic carbocycles. The van der Waals surface area contributed by atoms with Crippen LogP contribution in [0.15, 0.2) is 65.3 Å². The van der Waals surface area contributed by atoms with Gasteiger partial charge >= 0.3 is 11.8 Å². The average molecular weight is 384 g/mol. The number of nitrogens with one attached hydrogen (secondary N) is 2. The number of hydrogen-bond donors (Lipinski definition) is 3. The number of carbonyl (C=O) groups excluding carboxylic acids is 2. The fourth-order valence-corrected chi connectivity index (χ4v) is 3.51. The highest BCUT2D eigenvalue weighted by Crippen LogP contribution is 2.28. The van der Waals surface area contributed by atoms with Crippen LogP contribution in [0, 0.1) is 0 Å². The maximum Gasteiger partial charge on any atom is 0.309 e. The van der Waals surface area contributed by atoms with E-state index >= 15 is 0 Å². The molecule has 0 bridgehead atoms. The van der Waals surface area contributed by atoms with Gasteiger partial charge in [-0.1, -0.05) is 30.3 Å². The Labute approximate surface area is 160 Å². The first-order valence-corrected chi connectivity index (χ1v) is 9.30. The third-order valence-electron chi connectivity index (χ3n) is 4.04. The summed E-state index contributed by atoms with van der Waals surface area (Å²) >= 11 is 1.35. The Morgan fingerprint density at radius 3 is 2.56 bits per heavy atom. The monoisotopic (exact) mass is 384 g/mol. The minimum Gasteiger partial charge on any atom is -0.466 e. The zero-order chi connectivity index (χ0) is 19.2. The lowest BCUT2D eigenvalue weighted by Crippen LogP contribution is -2.40. The summed E-state index contributed by atoms with van der Waals surface area (Å²) in [7, 11) is 0. The van der Waals surface area contributed by atoms with Crippen molar-refractivity contribution in [3.63, 3.8) is 0 Å². The minimum absolute atomic E-state index is 0.210.